The molecular formula is C19H32N2O. The van der Waals surface area contributed by atoms with E-state index in [0.29, 0.717) is 18.4 Å². The van der Waals surface area contributed by atoms with Crippen molar-refractivity contribution in [1.82, 2.24) is 10.2 Å². The second-order valence-corrected chi connectivity index (χ2v) is 7.62. The molecule has 1 amide bonds. The molecule has 1 heterocycles. The fourth-order valence-corrected chi connectivity index (χ4v) is 4.23. The van der Waals surface area contributed by atoms with Crippen molar-refractivity contribution in [3.05, 3.63) is 11.6 Å². The minimum Gasteiger partial charge on any atom is -0.353 e. The van der Waals surface area contributed by atoms with Crippen LogP contribution in [-0.4, -0.2) is 36.0 Å². The lowest BCUT2D eigenvalue weighted by molar-refractivity contribution is -0.121. The summed E-state index contributed by atoms with van der Waals surface area (Å²) in [6, 6.07) is 1.16. The van der Waals surface area contributed by atoms with Gasteiger partial charge < -0.3 is 10.2 Å². The van der Waals surface area contributed by atoms with Crippen molar-refractivity contribution >= 4 is 5.91 Å². The Bertz CT molecular complexity index is 414. The third kappa shape index (κ3) is 4.13. The molecule has 1 N–H and O–H groups in total. The molecule has 1 saturated carbocycles. The number of nitrogens with one attached hydrogen (secondary N) is 1. The van der Waals surface area contributed by atoms with Gasteiger partial charge >= 0.3 is 0 Å². The van der Waals surface area contributed by atoms with Crippen molar-refractivity contribution in [3.63, 3.8) is 0 Å². The number of nitrogens with zero attached hydrogens (tertiary/aromatic N) is 1. The zero-order valence-electron chi connectivity index (χ0n) is 14.2. The molecule has 3 heteroatoms. The number of hydrogen-bond donors (Lipinski definition) is 1. The van der Waals surface area contributed by atoms with Crippen LogP contribution in [0, 0.1) is 5.92 Å². The van der Waals surface area contributed by atoms with Gasteiger partial charge in [0.1, 0.15) is 0 Å². The summed E-state index contributed by atoms with van der Waals surface area (Å²) in [5, 5.41) is 3.29. The van der Waals surface area contributed by atoms with E-state index in [4.69, 9.17) is 0 Å². The van der Waals surface area contributed by atoms with Crippen molar-refractivity contribution in [1.29, 1.82) is 0 Å². The summed E-state index contributed by atoms with van der Waals surface area (Å²) in [5.74, 6) is 0.875. The van der Waals surface area contributed by atoms with Crippen LogP contribution in [0.3, 0.4) is 0 Å². The monoisotopic (exact) mass is 304 g/mol. The summed E-state index contributed by atoms with van der Waals surface area (Å²) < 4.78 is 0. The van der Waals surface area contributed by atoms with Gasteiger partial charge in [0.25, 0.3) is 0 Å². The lowest BCUT2D eigenvalue weighted by atomic mass is 9.85. The molecule has 2 fully saturated rings. The molecule has 2 aliphatic carbocycles. The fraction of sp³-hybridized carbons (Fsp3) is 0.842. The Hall–Kier alpha value is -0.830. The average Bonchev–Trinajstić information content (AvgIpc) is 2.46. The lowest BCUT2D eigenvalue weighted by Gasteiger charge is -2.43. The van der Waals surface area contributed by atoms with Crippen LogP contribution >= 0.6 is 0 Å². The third-order valence-electron chi connectivity index (χ3n) is 5.95. The molecule has 2 unspecified atom stereocenters. The van der Waals surface area contributed by atoms with Crippen molar-refractivity contribution in [3.8, 4) is 0 Å². The molecule has 2 atom stereocenters. The van der Waals surface area contributed by atoms with Crippen LogP contribution in [0.1, 0.15) is 71.1 Å². The third-order valence-corrected chi connectivity index (χ3v) is 5.95. The first-order chi connectivity index (χ1) is 10.7. The quantitative estimate of drug-likeness (QED) is 0.786. The molecule has 1 aliphatic heterocycles. The summed E-state index contributed by atoms with van der Waals surface area (Å²) in [7, 11) is 0. The second-order valence-electron chi connectivity index (χ2n) is 7.62. The Morgan fingerprint density at radius 3 is 2.82 bits per heavy atom. The summed E-state index contributed by atoms with van der Waals surface area (Å²) in [4.78, 5) is 15.0. The first-order valence-electron chi connectivity index (χ1n) is 9.43. The van der Waals surface area contributed by atoms with Gasteiger partial charge in [-0.1, -0.05) is 18.1 Å². The molecular weight excluding hydrogens is 272 g/mol. The van der Waals surface area contributed by atoms with Crippen LogP contribution in [0.4, 0.5) is 0 Å². The first kappa shape index (κ1) is 16.0. The molecule has 0 aromatic rings. The summed E-state index contributed by atoms with van der Waals surface area (Å²) in [6.07, 6.45) is 14.5. The minimum absolute atomic E-state index is 0.237. The molecule has 0 spiro atoms. The normalized spacial score (nSPS) is 28.6. The summed E-state index contributed by atoms with van der Waals surface area (Å²) in [5.41, 5.74) is 1.36. The largest absolute Gasteiger partial charge is 0.353 e. The van der Waals surface area contributed by atoms with Crippen molar-refractivity contribution in [2.75, 3.05) is 13.1 Å². The van der Waals surface area contributed by atoms with Crippen molar-refractivity contribution < 1.29 is 4.79 Å². The molecule has 0 bridgehead atoms. The maximum absolute atomic E-state index is 12.3. The van der Waals surface area contributed by atoms with Gasteiger partial charge in [0.2, 0.25) is 5.91 Å². The lowest BCUT2D eigenvalue weighted by Crippen LogP contribution is -2.50. The van der Waals surface area contributed by atoms with Gasteiger partial charge in [0.15, 0.2) is 0 Å². The Morgan fingerprint density at radius 1 is 1.27 bits per heavy atom. The van der Waals surface area contributed by atoms with E-state index in [-0.39, 0.29) is 5.91 Å². The minimum atomic E-state index is 0.237. The average molecular weight is 304 g/mol. The summed E-state index contributed by atoms with van der Waals surface area (Å²) >= 11 is 0. The van der Waals surface area contributed by atoms with Gasteiger partial charge in [-0.2, -0.15) is 0 Å². The first-order valence-corrected chi connectivity index (χ1v) is 9.43. The molecule has 3 nitrogen and oxygen atoms in total. The molecule has 1 saturated heterocycles. The highest BCUT2D eigenvalue weighted by Crippen LogP contribution is 2.30. The Labute approximate surface area is 135 Å². The zero-order chi connectivity index (χ0) is 15.4. The smallest absolute Gasteiger partial charge is 0.224 e. The van der Waals surface area contributed by atoms with E-state index < -0.39 is 0 Å². The van der Waals surface area contributed by atoms with Crippen LogP contribution in [0.25, 0.3) is 0 Å². The van der Waals surface area contributed by atoms with Gasteiger partial charge in [-0.15, -0.1) is 0 Å². The molecule has 0 aromatic heterocycles. The number of hydrogen-bond acceptors (Lipinski definition) is 2. The number of likely N-dealkylation sites (tertiary alicyclic amines) is 1. The maximum Gasteiger partial charge on any atom is 0.224 e. The number of carbonyl (C=O) groups excluding carboxylic acids is 1. The summed E-state index contributed by atoms with van der Waals surface area (Å²) in [6.45, 7) is 4.67. The molecule has 22 heavy (non-hydrogen) atoms. The molecule has 3 aliphatic rings. The van der Waals surface area contributed by atoms with E-state index in [0.717, 1.165) is 18.9 Å². The number of amides is 1. The van der Waals surface area contributed by atoms with Crippen LogP contribution in [0.15, 0.2) is 11.6 Å². The van der Waals surface area contributed by atoms with E-state index in [1.165, 1.54) is 63.6 Å². The van der Waals surface area contributed by atoms with E-state index in [1.807, 2.05) is 0 Å². The molecule has 0 aromatic carbocycles. The van der Waals surface area contributed by atoms with Crippen molar-refractivity contribution in [2.45, 2.75) is 83.2 Å². The number of allylic oxidation sites excluding steroid dienone is 1. The maximum atomic E-state index is 12.3. The van der Waals surface area contributed by atoms with E-state index >= 15 is 0 Å². The second kappa shape index (κ2) is 7.63. The van der Waals surface area contributed by atoms with Gasteiger partial charge in [-0.05, 0) is 70.8 Å². The SMILES string of the molecule is CC(NC(=O)CC1=CCCCC1)C1CCCN(C2CCC2)C1. The number of carbonyl (C=O) groups is 1. The van der Waals surface area contributed by atoms with Crippen LogP contribution in [-0.2, 0) is 4.79 Å². The van der Waals surface area contributed by atoms with Gasteiger partial charge in [-0.3, -0.25) is 4.79 Å². The zero-order valence-corrected chi connectivity index (χ0v) is 14.2. The Morgan fingerprint density at radius 2 is 2.14 bits per heavy atom. The number of piperidine rings is 1. The molecule has 124 valence electrons. The standard InChI is InChI=1S/C19H32N2O/c1-15(20-19(22)13-16-7-3-2-4-8-16)17-9-6-12-21(14-17)18-10-5-11-18/h7,15,17-18H,2-6,8-14H2,1H3,(H,20,22). The fourth-order valence-electron chi connectivity index (χ4n) is 4.23. The van der Waals surface area contributed by atoms with E-state index in [1.54, 1.807) is 0 Å². The van der Waals surface area contributed by atoms with Gasteiger partial charge in [0, 0.05) is 25.0 Å². The van der Waals surface area contributed by atoms with E-state index in [9.17, 15) is 4.79 Å². The molecule has 0 radical (unpaired) electrons. The topological polar surface area (TPSA) is 32.3 Å². The highest BCUT2D eigenvalue weighted by atomic mass is 16.1. The van der Waals surface area contributed by atoms with Crippen LogP contribution in [0.2, 0.25) is 0 Å². The van der Waals surface area contributed by atoms with E-state index in [2.05, 4.69) is 23.2 Å². The Kier molecular flexibility index (Phi) is 5.56. The van der Waals surface area contributed by atoms with Gasteiger partial charge in [-0.25, -0.2) is 0 Å². The van der Waals surface area contributed by atoms with Gasteiger partial charge in [0.05, 0.1) is 0 Å². The Balaban J connectivity index is 1.44. The van der Waals surface area contributed by atoms with Crippen LogP contribution in [0.5, 0.6) is 0 Å². The van der Waals surface area contributed by atoms with Crippen LogP contribution < -0.4 is 5.32 Å². The highest BCUT2D eigenvalue weighted by molar-refractivity contribution is 5.78. The molecule has 3 rings (SSSR count). The number of rotatable bonds is 5. The van der Waals surface area contributed by atoms with Crippen molar-refractivity contribution in [2.24, 2.45) is 5.92 Å². The predicted octanol–water partition coefficient (Wildman–Crippen LogP) is 3.65. The highest BCUT2D eigenvalue weighted by Gasteiger charge is 2.31. The predicted molar refractivity (Wildman–Crippen MR) is 90.7 cm³/mol.